The van der Waals surface area contributed by atoms with Gasteiger partial charge in [-0.2, -0.15) is 0 Å². The van der Waals surface area contributed by atoms with Gasteiger partial charge in [0.1, 0.15) is 16.2 Å². The van der Waals surface area contributed by atoms with E-state index in [4.69, 9.17) is 14.3 Å². The minimum atomic E-state index is -1.13. The zero-order chi connectivity index (χ0) is 18.5. The van der Waals surface area contributed by atoms with Gasteiger partial charge in [-0.05, 0) is 47.7 Å². The molecule has 2 aromatic carbocycles. The smallest absolute Gasteiger partial charge is 0.342 e. The van der Waals surface area contributed by atoms with Crippen LogP contribution in [0.15, 0.2) is 63.1 Å². The number of thioether (sulfide) groups is 1. The topological polar surface area (TPSA) is 110 Å². The van der Waals surface area contributed by atoms with Crippen molar-refractivity contribution in [3.8, 4) is 5.75 Å². The van der Waals surface area contributed by atoms with Crippen molar-refractivity contribution in [1.29, 1.82) is 0 Å². The Kier molecular flexibility index (Phi) is 5.23. The number of oxazole rings is 1. The lowest BCUT2D eigenvalue weighted by molar-refractivity contribution is -0.139. The predicted octanol–water partition coefficient (Wildman–Crippen LogP) is 3.51. The van der Waals surface area contributed by atoms with E-state index in [1.165, 1.54) is 6.08 Å². The number of ether oxygens (including phenoxy) is 1. The Labute approximate surface area is 151 Å². The number of fused-ring (bicyclic) bond motifs is 1. The Morgan fingerprint density at radius 1 is 1.15 bits per heavy atom. The van der Waals surface area contributed by atoms with Crippen LogP contribution >= 0.6 is 11.8 Å². The number of carboxylic acids is 2. The maximum Gasteiger partial charge on any atom is 0.342 e. The lowest BCUT2D eigenvalue weighted by Gasteiger charge is -2.04. The Morgan fingerprint density at radius 2 is 1.96 bits per heavy atom. The van der Waals surface area contributed by atoms with E-state index in [-0.39, 0.29) is 10.1 Å². The van der Waals surface area contributed by atoms with E-state index in [9.17, 15) is 14.7 Å². The summed E-state index contributed by atoms with van der Waals surface area (Å²) in [6.45, 7) is -0.476. The average Bonchev–Trinajstić information content (AvgIpc) is 3.02. The molecule has 0 amide bonds. The van der Waals surface area contributed by atoms with E-state index in [0.717, 1.165) is 11.8 Å². The quantitative estimate of drug-likeness (QED) is 0.480. The minimum absolute atomic E-state index is 0.00643. The van der Waals surface area contributed by atoms with E-state index < -0.39 is 18.5 Å². The van der Waals surface area contributed by atoms with Gasteiger partial charge in [0.05, 0.1) is 0 Å². The van der Waals surface area contributed by atoms with Crippen molar-refractivity contribution < 1.29 is 29.0 Å². The molecule has 132 valence electrons. The van der Waals surface area contributed by atoms with Crippen LogP contribution in [0.2, 0.25) is 0 Å². The first kappa shape index (κ1) is 17.6. The van der Waals surface area contributed by atoms with Crippen molar-refractivity contribution in [3.05, 3.63) is 59.0 Å². The first-order chi connectivity index (χ1) is 12.5. The molecule has 1 heterocycles. The molecule has 0 saturated carbocycles. The van der Waals surface area contributed by atoms with Gasteiger partial charge in [0.15, 0.2) is 12.2 Å². The zero-order valence-electron chi connectivity index (χ0n) is 13.3. The van der Waals surface area contributed by atoms with E-state index >= 15 is 0 Å². The van der Waals surface area contributed by atoms with Crippen LogP contribution in [0, 0.1) is 0 Å². The summed E-state index contributed by atoms with van der Waals surface area (Å²) in [4.78, 5) is 26.4. The van der Waals surface area contributed by atoms with Crippen molar-refractivity contribution in [2.24, 2.45) is 0 Å². The SMILES string of the molecule is O=C(O)COc1cccc(/C=C(\Sc2nc3ccccc3o2)C(=O)O)c1. The lowest BCUT2D eigenvalue weighted by Crippen LogP contribution is -2.09. The summed E-state index contributed by atoms with van der Waals surface area (Å²) in [5, 5.41) is 18.3. The normalized spacial score (nSPS) is 11.5. The number of hydrogen-bond acceptors (Lipinski definition) is 6. The molecule has 0 aliphatic heterocycles. The predicted molar refractivity (Wildman–Crippen MR) is 95.1 cm³/mol. The van der Waals surface area contributed by atoms with Crippen molar-refractivity contribution in [2.45, 2.75) is 5.22 Å². The van der Waals surface area contributed by atoms with Crippen molar-refractivity contribution in [3.63, 3.8) is 0 Å². The molecule has 0 radical (unpaired) electrons. The molecule has 3 aromatic rings. The summed E-state index contributed by atoms with van der Waals surface area (Å²) in [5.41, 5.74) is 1.77. The monoisotopic (exact) mass is 371 g/mol. The number of hydrogen-bond donors (Lipinski definition) is 2. The van der Waals surface area contributed by atoms with Gasteiger partial charge in [-0.25, -0.2) is 14.6 Å². The van der Waals surface area contributed by atoms with E-state index in [0.29, 0.717) is 22.4 Å². The molecule has 26 heavy (non-hydrogen) atoms. The fourth-order valence-electron chi connectivity index (χ4n) is 2.11. The maximum absolute atomic E-state index is 11.6. The fourth-order valence-corrected chi connectivity index (χ4v) is 2.86. The van der Waals surface area contributed by atoms with Crippen molar-refractivity contribution in [1.82, 2.24) is 4.98 Å². The van der Waals surface area contributed by atoms with E-state index in [2.05, 4.69) is 4.98 Å². The second kappa shape index (κ2) is 7.75. The number of rotatable bonds is 7. The molecule has 0 saturated heterocycles. The molecular formula is C18H13NO6S. The summed E-state index contributed by atoms with van der Waals surface area (Å²) < 4.78 is 10.6. The van der Waals surface area contributed by atoms with Gasteiger partial charge in [0.2, 0.25) is 0 Å². The van der Waals surface area contributed by atoms with Gasteiger partial charge in [-0.1, -0.05) is 24.3 Å². The Morgan fingerprint density at radius 3 is 2.69 bits per heavy atom. The van der Waals surface area contributed by atoms with Crippen molar-refractivity contribution >= 4 is 40.9 Å². The summed E-state index contributed by atoms with van der Waals surface area (Å²) in [7, 11) is 0. The Balaban J connectivity index is 1.84. The Hall–Kier alpha value is -3.26. The van der Waals surface area contributed by atoms with Crippen LogP contribution in [0.4, 0.5) is 0 Å². The molecule has 0 unspecified atom stereocenters. The van der Waals surface area contributed by atoms with Gasteiger partial charge in [0, 0.05) is 0 Å². The average molecular weight is 371 g/mol. The summed E-state index contributed by atoms with van der Waals surface area (Å²) >= 11 is 0.890. The molecule has 0 aliphatic rings. The highest BCUT2D eigenvalue weighted by atomic mass is 32.2. The first-order valence-corrected chi connectivity index (χ1v) is 8.26. The number of aliphatic carboxylic acids is 2. The van der Waals surface area contributed by atoms with Crippen LogP contribution in [-0.2, 0) is 9.59 Å². The number of carboxylic acid groups (broad SMARTS) is 2. The third-order valence-corrected chi connectivity index (χ3v) is 4.06. The molecule has 0 atom stereocenters. The standard InChI is InChI=1S/C18H13NO6S/c20-16(21)10-24-12-5-3-4-11(8-12)9-15(17(22)23)26-18-19-13-6-1-2-7-14(13)25-18/h1-9H,10H2,(H,20,21)(H,22,23)/b15-9-. The molecular weight excluding hydrogens is 358 g/mol. The second-order valence-electron chi connectivity index (χ2n) is 5.12. The number of carbonyl (C=O) groups is 2. The van der Waals surface area contributed by atoms with Crippen LogP contribution in [0.3, 0.4) is 0 Å². The molecule has 0 aliphatic carbocycles. The highest BCUT2D eigenvalue weighted by Crippen LogP contribution is 2.31. The fraction of sp³-hybridized carbons (Fsp3) is 0.0556. The van der Waals surface area contributed by atoms with E-state index in [1.807, 2.05) is 6.07 Å². The summed E-state index contributed by atoms with van der Waals surface area (Å²) in [5.74, 6) is -1.89. The van der Waals surface area contributed by atoms with Crippen molar-refractivity contribution in [2.75, 3.05) is 6.61 Å². The van der Waals surface area contributed by atoms with Gasteiger partial charge in [0.25, 0.3) is 5.22 Å². The highest BCUT2D eigenvalue weighted by molar-refractivity contribution is 8.03. The van der Waals surface area contributed by atoms with Gasteiger partial charge < -0.3 is 19.4 Å². The maximum atomic E-state index is 11.6. The van der Waals surface area contributed by atoms with Gasteiger partial charge >= 0.3 is 11.9 Å². The molecule has 2 N–H and O–H groups in total. The molecule has 3 rings (SSSR count). The van der Waals surface area contributed by atoms with Gasteiger partial charge in [-0.3, -0.25) is 0 Å². The molecule has 0 fully saturated rings. The van der Waals surface area contributed by atoms with Crippen LogP contribution in [0.1, 0.15) is 5.56 Å². The number of benzene rings is 2. The van der Waals surface area contributed by atoms with Crippen LogP contribution in [0.25, 0.3) is 17.2 Å². The first-order valence-electron chi connectivity index (χ1n) is 7.44. The van der Waals surface area contributed by atoms with Crippen LogP contribution < -0.4 is 4.74 Å². The third kappa shape index (κ3) is 4.42. The summed E-state index contributed by atoms with van der Waals surface area (Å²) in [6, 6.07) is 13.6. The van der Waals surface area contributed by atoms with E-state index in [1.54, 1.807) is 42.5 Å². The van der Waals surface area contributed by atoms with Crippen LogP contribution in [-0.4, -0.2) is 33.7 Å². The number of para-hydroxylation sites is 2. The molecule has 0 spiro atoms. The Bertz CT molecular complexity index is 961. The summed E-state index contributed by atoms with van der Waals surface area (Å²) in [6.07, 6.45) is 1.44. The number of aromatic nitrogens is 1. The largest absolute Gasteiger partial charge is 0.482 e. The minimum Gasteiger partial charge on any atom is -0.482 e. The number of nitrogens with zero attached hydrogens (tertiary/aromatic N) is 1. The molecule has 7 nitrogen and oxygen atoms in total. The third-order valence-electron chi connectivity index (χ3n) is 3.20. The zero-order valence-corrected chi connectivity index (χ0v) is 14.1. The highest BCUT2D eigenvalue weighted by Gasteiger charge is 2.15. The van der Waals surface area contributed by atoms with Gasteiger partial charge in [-0.15, -0.1) is 0 Å². The molecule has 0 bridgehead atoms. The van der Waals surface area contributed by atoms with Crippen LogP contribution in [0.5, 0.6) is 5.75 Å². The molecule has 8 heteroatoms. The molecule has 1 aromatic heterocycles. The lowest BCUT2D eigenvalue weighted by atomic mass is 10.2. The second-order valence-corrected chi connectivity index (χ2v) is 6.11.